The zero-order valence-corrected chi connectivity index (χ0v) is 10.7. The molecule has 1 aliphatic carbocycles. The molecule has 1 aliphatic heterocycles. The maximum Gasteiger partial charge on any atom is 0.0718 e. The van der Waals surface area contributed by atoms with Gasteiger partial charge in [-0.25, -0.2) is 0 Å². The van der Waals surface area contributed by atoms with E-state index in [0.717, 1.165) is 25.7 Å². The second-order valence-corrected chi connectivity index (χ2v) is 6.12. The van der Waals surface area contributed by atoms with Gasteiger partial charge in [0, 0.05) is 25.2 Å². The molecule has 3 heteroatoms. The van der Waals surface area contributed by atoms with Gasteiger partial charge in [-0.2, -0.15) is 0 Å². The second kappa shape index (κ2) is 5.03. The Morgan fingerprint density at radius 3 is 2.62 bits per heavy atom. The van der Waals surface area contributed by atoms with E-state index in [0.29, 0.717) is 6.04 Å². The van der Waals surface area contributed by atoms with Crippen LogP contribution >= 0.6 is 0 Å². The van der Waals surface area contributed by atoms with Crippen LogP contribution in [0, 0.1) is 0 Å². The van der Waals surface area contributed by atoms with Crippen molar-refractivity contribution in [3.8, 4) is 0 Å². The maximum absolute atomic E-state index is 9.92. The Labute approximate surface area is 99.2 Å². The quantitative estimate of drug-likeness (QED) is 0.743. The summed E-state index contributed by atoms with van der Waals surface area (Å²) in [7, 11) is 0. The number of hydrogen-bond acceptors (Lipinski definition) is 3. The molecule has 0 radical (unpaired) electrons. The second-order valence-electron chi connectivity index (χ2n) is 6.12. The highest BCUT2D eigenvalue weighted by molar-refractivity contribution is 4.87. The van der Waals surface area contributed by atoms with E-state index in [1.807, 2.05) is 13.8 Å². The smallest absolute Gasteiger partial charge is 0.0718 e. The van der Waals surface area contributed by atoms with Crippen molar-refractivity contribution >= 4 is 0 Å². The molecule has 1 unspecified atom stereocenters. The van der Waals surface area contributed by atoms with Crippen LogP contribution in [0.1, 0.15) is 46.0 Å². The van der Waals surface area contributed by atoms with Crippen LogP contribution in [0.3, 0.4) is 0 Å². The highest BCUT2D eigenvalue weighted by atomic mass is 16.3. The van der Waals surface area contributed by atoms with Crippen LogP contribution in [0.15, 0.2) is 0 Å². The van der Waals surface area contributed by atoms with Gasteiger partial charge in [0.2, 0.25) is 0 Å². The van der Waals surface area contributed by atoms with E-state index in [9.17, 15) is 5.11 Å². The van der Waals surface area contributed by atoms with Crippen LogP contribution in [0.4, 0.5) is 0 Å². The van der Waals surface area contributed by atoms with Crippen LogP contribution in [-0.2, 0) is 0 Å². The van der Waals surface area contributed by atoms with E-state index >= 15 is 0 Å². The SMILES string of the molecule is CC(C)(O)CN1CCCCC1CNC1CC1. The van der Waals surface area contributed by atoms with Gasteiger partial charge in [0.1, 0.15) is 0 Å². The Kier molecular flexibility index (Phi) is 3.88. The fraction of sp³-hybridized carbons (Fsp3) is 1.00. The molecule has 3 nitrogen and oxygen atoms in total. The highest BCUT2D eigenvalue weighted by Gasteiger charge is 2.29. The molecule has 1 saturated heterocycles. The first-order chi connectivity index (χ1) is 7.54. The molecule has 0 spiro atoms. The van der Waals surface area contributed by atoms with E-state index < -0.39 is 5.60 Å². The largest absolute Gasteiger partial charge is 0.389 e. The van der Waals surface area contributed by atoms with Gasteiger partial charge in [-0.1, -0.05) is 6.42 Å². The van der Waals surface area contributed by atoms with E-state index in [4.69, 9.17) is 0 Å². The number of β-amino-alcohol motifs (C(OH)–C–C–N with tert-alkyl or cyclic N) is 1. The monoisotopic (exact) mass is 226 g/mol. The molecule has 2 fully saturated rings. The highest BCUT2D eigenvalue weighted by Crippen LogP contribution is 2.22. The summed E-state index contributed by atoms with van der Waals surface area (Å²) in [4.78, 5) is 2.47. The zero-order valence-electron chi connectivity index (χ0n) is 10.7. The van der Waals surface area contributed by atoms with Gasteiger partial charge in [-0.3, -0.25) is 4.90 Å². The van der Waals surface area contributed by atoms with Gasteiger partial charge < -0.3 is 10.4 Å². The summed E-state index contributed by atoms with van der Waals surface area (Å²) in [5.74, 6) is 0. The Hall–Kier alpha value is -0.120. The molecule has 2 rings (SSSR count). The minimum absolute atomic E-state index is 0.560. The van der Waals surface area contributed by atoms with Crippen molar-refractivity contribution < 1.29 is 5.11 Å². The lowest BCUT2D eigenvalue weighted by atomic mass is 9.99. The predicted molar refractivity (Wildman–Crippen MR) is 66.5 cm³/mol. The van der Waals surface area contributed by atoms with Crippen molar-refractivity contribution in [1.29, 1.82) is 0 Å². The van der Waals surface area contributed by atoms with Crippen LogP contribution in [0.2, 0.25) is 0 Å². The fourth-order valence-electron chi connectivity index (χ4n) is 2.59. The molecule has 1 atom stereocenters. The molecule has 0 aromatic heterocycles. The summed E-state index contributed by atoms with van der Waals surface area (Å²) in [6.45, 7) is 6.89. The number of aliphatic hydroxyl groups is 1. The molecule has 2 N–H and O–H groups in total. The summed E-state index contributed by atoms with van der Waals surface area (Å²) in [5.41, 5.74) is -0.560. The standard InChI is InChI=1S/C13H26N2O/c1-13(2,16)10-15-8-4-3-5-12(15)9-14-11-6-7-11/h11-12,14,16H,3-10H2,1-2H3. The van der Waals surface area contributed by atoms with Gasteiger partial charge in [0.25, 0.3) is 0 Å². The van der Waals surface area contributed by atoms with Crippen molar-refractivity contribution in [3.05, 3.63) is 0 Å². The normalized spacial score (nSPS) is 28.3. The average Bonchev–Trinajstić information content (AvgIpc) is 2.98. The fourth-order valence-corrected chi connectivity index (χ4v) is 2.59. The Balaban J connectivity index is 1.80. The van der Waals surface area contributed by atoms with Gasteiger partial charge in [0.05, 0.1) is 5.60 Å². The van der Waals surface area contributed by atoms with E-state index in [1.54, 1.807) is 0 Å². The predicted octanol–water partition coefficient (Wildman–Crippen LogP) is 1.36. The Morgan fingerprint density at radius 2 is 2.00 bits per heavy atom. The van der Waals surface area contributed by atoms with E-state index in [1.165, 1.54) is 32.1 Å². The first kappa shape index (κ1) is 12.3. The van der Waals surface area contributed by atoms with Crippen LogP contribution in [0.5, 0.6) is 0 Å². The first-order valence-electron chi connectivity index (χ1n) is 6.74. The zero-order chi connectivity index (χ0) is 11.6. The third-order valence-corrected chi connectivity index (χ3v) is 3.56. The van der Waals surface area contributed by atoms with Crippen molar-refractivity contribution in [1.82, 2.24) is 10.2 Å². The molecule has 0 aromatic rings. The molecule has 94 valence electrons. The molecule has 1 saturated carbocycles. The number of rotatable bonds is 5. The maximum atomic E-state index is 9.92. The minimum Gasteiger partial charge on any atom is -0.389 e. The summed E-state index contributed by atoms with van der Waals surface area (Å²) in [5, 5.41) is 13.5. The van der Waals surface area contributed by atoms with E-state index in [-0.39, 0.29) is 0 Å². The molecular formula is C13H26N2O. The van der Waals surface area contributed by atoms with Gasteiger partial charge in [-0.15, -0.1) is 0 Å². The molecular weight excluding hydrogens is 200 g/mol. The molecule has 0 bridgehead atoms. The summed E-state index contributed by atoms with van der Waals surface area (Å²) in [6, 6.07) is 1.44. The summed E-state index contributed by atoms with van der Waals surface area (Å²) in [6.07, 6.45) is 6.64. The van der Waals surface area contributed by atoms with Crippen LogP contribution < -0.4 is 5.32 Å². The first-order valence-corrected chi connectivity index (χ1v) is 6.74. The number of nitrogens with zero attached hydrogens (tertiary/aromatic N) is 1. The van der Waals surface area contributed by atoms with Crippen molar-refractivity contribution in [3.63, 3.8) is 0 Å². The lowest BCUT2D eigenvalue weighted by Crippen LogP contribution is -2.50. The van der Waals surface area contributed by atoms with Crippen molar-refractivity contribution in [2.45, 2.75) is 63.6 Å². The van der Waals surface area contributed by atoms with Crippen LogP contribution in [-0.4, -0.2) is 47.3 Å². The third kappa shape index (κ3) is 4.04. The number of likely N-dealkylation sites (tertiary alicyclic amines) is 1. The average molecular weight is 226 g/mol. The summed E-state index contributed by atoms with van der Waals surface area (Å²) < 4.78 is 0. The molecule has 1 heterocycles. The minimum atomic E-state index is -0.560. The molecule has 0 amide bonds. The van der Waals surface area contributed by atoms with Gasteiger partial charge in [0.15, 0.2) is 0 Å². The molecule has 16 heavy (non-hydrogen) atoms. The van der Waals surface area contributed by atoms with Crippen molar-refractivity contribution in [2.24, 2.45) is 0 Å². The Morgan fingerprint density at radius 1 is 1.25 bits per heavy atom. The van der Waals surface area contributed by atoms with E-state index in [2.05, 4.69) is 10.2 Å². The van der Waals surface area contributed by atoms with Crippen LogP contribution in [0.25, 0.3) is 0 Å². The van der Waals surface area contributed by atoms with Crippen molar-refractivity contribution in [2.75, 3.05) is 19.6 Å². The van der Waals surface area contributed by atoms with Gasteiger partial charge in [-0.05, 0) is 46.1 Å². The number of piperidine rings is 1. The number of nitrogens with one attached hydrogen (secondary N) is 1. The lowest BCUT2D eigenvalue weighted by Gasteiger charge is -2.39. The molecule has 2 aliphatic rings. The van der Waals surface area contributed by atoms with Gasteiger partial charge >= 0.3 is 0 Å². The lowest BCUT2D eigenvalue weighted by molar-refractivity contribution is 0.0100. The Bertz CT molecular complexity index is 220. The molecule has 0 aromatic carbocycles. The summed E-state index contributed by atoms with van der Waals surface area (Å²) >= 11 is 0. The number of hydrogen-bond donors (Lipinski definition) is 2. The topological polar surface area (TPSA) is 35.5 Å². The third-order valence-electron chi connectivity index (χ3n) is 3.56.